The molecule has 3 nitrogen and oxygen atoms in total. The van der Waals surface area contributed by atoms with Gasteiger partial charge in [-0.25, -0.2) is 4.68 Å². The molecule has 2 aromatic carbocycles. The Kier molecular flexibility index (Phi) is 8.87. The molecule has 0 aliphatic heterocycles. The molecule has 0 N–H and O–H groups in total. The van der Waals surface area contributed by atoms with Gasteiger partial charge in [-0.3, -0.25) is 4.79 Å². The molecule has 0 radical (unpaired) electrons. The van der Waals surface area contributed by atoms with Gasteiger partial charge in [-0.1, -0.05) is 66.2 Å². The second kappa shape index (κ2) is 12.4. The van der Waals surface area contributed by atoms with Crippen LogP contribution in [-0.2, 0) is 11.2 Å². The maximum Gasteiger partial charge on any atom is 0.133 e. The predicted octanol–water partition coefficient (Wildman–Crippen LogP) is 10.9. The van der Waals surface area contributed by atoms with Crippen molar-refractivity contribution < 1.29 is 4.79 Å². The van der Waals surface area contributed by atoms with E-state index in [-0.39, 0.29) is 0 Å². The van der Waals surface area contributed by atoms with E-state index in [1.165, 1.54) is 64.2 Å². The van der Waals surface area contributed by atoms with Gasteiger partial charge in [0.1, 0.15) is 5.78 Å². The standard InChI is InChI=1S/C35H41Cl3N2O/c1-23-32(39-40(33-14-11-29(37)19-31(33)38)34(23)27-7-9-28(36)10-8-27)13-12-30(41)6-4-2-3-5-15-35-20-24-16-25(21-35)18-26(17-24)22-35/h7-11,14,19,24-26H,2-6,12-13,15-18,20-22H2,1H3. The Labute approximate surface area is 260 Å². The zero-order chi connectivity index (χ0) is 28.6. The Morgan fingerprint density at radius 1 is 0.854 bits per heavy atom. The number of carbonyl (C=O) groups excluding carboxylic acids is 1. The first-order chi connectivity index (χ1) is 19.8. The summed E-state index contributed by atoms with van der Waals surface area (Å²) in [5, 5.41) is 6.73. The Morgan fingerprint density at radius 2 is 1.49 bits per heavy atom. The highest BCUT2D eigenvalue weighted by molar-refractivity contribution is 6.35. The molecule has 4 aliphatic rings. The largest absolute Gasteiger partial charge is 0.300 e. The maximum atomic E-state index is 12.9. The van der Waals surface area contributed by atoms with E-state index in [1.54, 1.807) is 6.07 Å². The number of halogens is 3. The molecule has 3 aromatic rings. The van der Waals surface area contributed by atoms with Crippen molar-refractivity contribution in [3.63, 3.8) is 0 Å². The lowest BCUT2D eigenvalue weighted by atomic mass is 9.48. The molecule has 4 aliphatic carbocycles. The van der Waals surface area contributed by atoms with E-state index >= 15 is 0 Å². The van der Waals surface area contributed by atoms with Crippen LogP contribution in [0.25, 0.3) is 16.9 Å². The van der Waals surface area contributed by atoms with Crippen molar-refractivity contribution >= 4 is 40.6 Å². The van der Waals surface area contributed by atoms with Crippen molar-refractivity contribution in [2.75, 3.05) is 0 Å². The lowest BCUT2D eigenvalue weighted by molar-refractivity contribution is -0.119. The lowest BCUT2D eigenvalue weighted by Gasteiger charge is -2.57. The molecule has 1 aromatic heterocycles. The molecular weight excluding hydrogens is 571 g/mol. The Morgan fingerprint density at radius 3 is 2.15 bits per heavy atom. The predicted molar refractivity (Wildman–Crippen MR) is 170 cm³/mol. The number of carbonyl (C=O) groups is 1. The van der Waals surface area contributed by atoms with Gasteiger partial charge < -0.3 is 0 Å². The van der Waals surface area contributed by atoms with Crippen molar-refractivity contribution in [3.05, 3.63) is 68.8 Å². The third-order valence-corrected chi connectivity index (χ3v) is 11.0. The summed E-state index contributed by atoms with van der Waals surface area (Å²) in [6.07, 6.45) is 17.1. The number of aromatic nitrogens is 2. The highest BCUT2D eigenvalue weighted by atomic mass is 35.5. The smallest absolute Gasteiger partial charge is 0.133 e. The van der Waals surface area contributed by atoms with Gasteiger partial charge in [0.15, 0.2) is 0 Å². The number of ketones is 1. The monoisotopic (exact) mass is 610 g/mol. The Bertz CT molecular complexity index is 1360. The van der Waals surface area contributed by atoms with Crippen LogP contribution in [0.4, 0.5) is 0 Å². The molecule has 0 amide bonds. The van der Waals surface area contributed by atoms with Crippen LogP contribution < -0.4 is 0 Å². The van der Waals surface area contributed by atoms with Crippen LogP contribution in [0.1, 0.15) is 94.7 Å². The number of rotatable bonds is 12. The molecule has 0 spiro atoms. The fourth-order valence-corrected chi connectivity index (χ4v) is 9.32. The first kappa shape index (κ1) is 29.3. The fourth-order valence-electron chi connectivity index (χ4n) is 8.71. The molecule has 4 bridgehead atoms. The van der Waals surface area contributed by atoms with Crippen molar-refractivity contribution in [2.24, 2.45) is 23.2 Å². The second-order valence-electron chi connectivity index (χ2n) is 13.3. The highest BCUT2D eigenvalue weighted by Crippen LogP contribution is 2.61. The molecule has 6 heteroatoms. The average Bonchev–Trinajstić information content (AvgIpc) is 3.24. The van der Waals surface area contributed by atoms with Crippen molar-refractivity contribution in [3.8, 4) is 16.9 Å². The number of nitrogens with zero attached hydrogens (tertiary/aromatic N) is 2. The minimum Gasteiger partial charge on any atom is -0.300 e. The van der Waals surface area contributed by atoms with Crippen LogP contribution >= 0.6 is 34.8 Å². The molecule has 0 unspecified atom stereocenters. The van der Waals surface area contributed by atoms with Crippen LogP contribution in [0.15, 0.2) is 42.5 Å². The van der Waals surface area contributed by atoms with Gasteiger partial charge in [0.25, 0.3) is 0 Å². The Hall–Kier alpha value is -1.81. The zero-order valence-corrected chi connectivity index (χ0v) is 26.4. The minimum atomic E-state index is 0.331. The van der Waals surface area contributed by atoms with Crippen LogP contribution in [0.2, 0.25) is 15.1 Å². The summed E-state index contributed by atoms with van der Waals surface area (Å²) < 4.78 is 1.88. The summed E-state index contributed by atoms with van der Waals surface area (Å²) in [5.41, 5.74) is 5.37. The first-order valence-corrected chi connectivity index (χ1v) is 16.7. The average molecular weight is 612 g/mol. The summed E-state index contributed by atoms with van der Waals surface area (Å²) in [5.74, 6) is 3.45. The van der Waals surface area contributed by atoms with E-state index < -0.39 is 0 Å². The summed E-state index contributed by atoms with van der Waals surface area (Å²) >= 11 is 18.9. The van der Waals surface area contributed by atoms with Gasteiger partial charge in [-0.15, -0.1) is 0 Å². The molecule has 41 heavy (non-hydrogen) atoms. The molecule has 0 atom stereocenters. The first-order valence-electron chi connectivity index (χ1n) is 15.6. The summed E-state index contributed by atoms with van der Waals surface area (Å²) in [6, 6.07) is 13.2. The van der Waals surface area contributed by atoms with Crippen molar-refractivity contribution in [2.45, 2.75) is 96.8 Å². The van der Waals surface area contributed by atoms with Crippen molar-refractivity contribution in [1.82, 2.24) is 9.78 Å². The fraction of sp³-hybridized carbons (Fsp3) is 0.543. The highest BCUT2D eigenvalue weighted by Gasteiger charge is 2.50. The molecule has 4 fully saturated rings. The van der Waals surface area contributed by atoms with E-state index in [0.29, 0.717) is 45.5 Å². The molecule has 4 saturated carbocycles. The molecular formula is C35H41Cl3N2O. The van der Waals surface area contributed by atoms with E-state index in [2.05, 4.69) is 6.92 Å². The van der Waals surface area contributed by atoms with E-state index in [0.717, 1.165) is 52.4 Å². The van der Waals surface area contributed by atoms with Gasteiger partial charge >= 0.3 is 0 Å². The van der Waals surface area contributed by atoms with Crippen molar-refractivity contribution in [1.29, 1.82) is 0 Å². The number of Topliss-reactive ketones (excluding diaryl/α,β-unsaturated/α-hetero) is 1. The topological polar surface area (TPSA) is 34.9 Å². The molecule has 7 rings (SSSR count). The van der Waals surface area contributed by atoms with Gasteiger partial charge in [-0.2, -0.15) is 5.10 Å². The van der Waals surface area contributed by atoms with Gasteiger partial charge in [0, 0.05) is 28.5 Å². The quantitative estimate of drug-likeness (QED) is 0.191. The van der Waals surface area contributed by atoms with Crippen LogP contribution in [0.3, 0.4) is 0 Å². The second-order valence-corrected chi connectivity index (χ2v) is 14.6. The van der Waals surface area contributed by atoms with Crippen LogP contribution in [-0.4, -0.2) is 15.6 Å². The normalized spacial score (nSPS) is 24.7. The van der Waals surface area contributed by atoms with E-state index in [4.69, 9.17) is 39.9 Å². The minimum absolute atomic E-state index is 0.331. The van der Waals surface area contributed by atoms with Gasteiger partial charge in [-0.05, 0) is 124 Å². The van der Waals surface area contributed by atoms with Gasteiger partial charge in [0.05, 0.1) is 22.1 Å². The van der Waals surface area contributed by atoms with E-state index in [1.807, 2.05) is 41.1 Å². The third kappa shape index (κ3) is 6.58. The van der Waals surface area contributed by atoms with Gasteiger partial charge in [0.2, 0.25) is 0 Å². The zero-order valence-electron chi connectivity index (χ0n) is 24.1. The summed E-state index contributed by atoms with van der Waals surface area (Å²) in [4.78, 5) is 12.9. The number of hydrogen-bond acceptors (Lipinski definition) is 2. The molecule has 0 saturated heterocycles. The number of aryl methyl sites for hydroxylation is 1. The summed E-state index contributed by atoms with van der Waals surface area (Å²) in [7, 11) is 0. The number of unbranched alkanes of at least 4 members (excludes halogenated alkanes) is 3. The lowest BCUT2D eigenvalue weighted by Crippen LogP contribution is -2.45. The third-order valence-electron chi connectivity index (χ3n) is 10.2. The van der Waals surface area contributed by atoms with Crippen LogP contribution in [0, 0.1) is 30.1 Å². The number of benzene rings is 2. The Balaban J connectivity index is 1.02. The molecule has 1 heterocycles. The number of hydrogen-bond donors (Lipinski definition) is 0. The molecule has 218 valence electrons. The summed E-state index contributed by atoms with van der Waals surface area (Å²) in [6.45, 7) is 2.07. The van der Waals surface area contributed by atoms with Crippen LogP contribution in [0.5, 0.6) is 0 Å². The van der Waals surface area contributed by atoms with E-state index in [9.17, 15) is 4.79 Å². The maximum absolute atomic E-state index is 12.9. The SMILES string of the molecule is Cc1c(CCC(=O)CCCCCCC23CC4CC(CC(C4)C2)C3)nn(-c2ccc(Cl)cc2Cl)c1-c1ccc(Cl)cc1.